The molecule has 1 amide bonds. The molecule has 0 atom stereocenters. The SMILES string of the molecule is NC1(C(=O)Nc2nc(-c3ccco3)cs2)CC1. The van der Waals surface area contributed by atoms with E-state index in [0.29, 0.717) is 10.9 Å². The molecule has 0 spiro atoms. The summed E-state index contributed by atoms with van der Waals surface area (Å²) in [6.07, 6.45) is 3.08. The van der Waals surface area contributed by atoms with Crippen molar-refractivity contribution in [3.8, 4) is 11.5 Å². The lowest BCUT2D eigenvalue weighted by atomic mass is 10.3. The maximum Gasteiger partial charge on any atom is 0.246 e. The second kappa shape index (κ2) is 3.68. The number of hydrogen-bond donors (Lipinski definition) is 2. The molecular weight excluding hydrogens is 238 g/mol. The Morgan fingerprint density at radius 1 is 1.59 bits per heavy atom. The van der Waals surface area contributed by atoms with E-state index < -0.39 is 5.54 Å². The Morgan fingerprint density at radius 3 is 3.06 bits per heavy atom. The molecule has 88 valence electrons. The van der Waals surface area contributed by atoms with E-state index in [4.69, 9.17) is 10.2 Å². The Balaban J connectivity index is 1.75. The summed E-state index contributed by atoms with van der Waals surface area (Å²) in [5.41, 5.74) is 5.84. The summed E-state index contributed by atoms with van der Waals surface area (Å²) in [7, 11) is 0. The van der Waals surface area contributed by atoms with Gasteiger partial charge >= 0.3 is 0 Å². The zero-order chi connectivity index (χ0) is 11.9. The fraction of sp³-hybridized carbons (Fsp3) is 0.273. The Morgan fingerprint density at radius 2 is 2.41 bits per heavy atom. The highest BCUT2D eigenvalue weighted by Crippen LogP contribution is 2.34. The third-order valence-corrected chi connectivity index (χ3v) is 3.50. The summed E-state index contributed by atoms with van der Waals surface area (Å²) in [4.78, 5) is 16.0. The van der Waals surface area contributed by atoms with Crippen LogP contribution in [0, 0.1) is 0 Å². The van der Waals surface area contributed by atoms with Crippen LogP contribution in [0.2, 0.25) is 0 Å². The monoisotopic (exact) mass is 249 g/mol. The Bertz CT molecular complexity index is 543. The summed E-state index contributed by atoms with van der Waals surface area (Å²) in [6, 6.07) is 3.62. The van der Waals surface area contributed by atoms with Crippen LogP contribution < -0.4 is 11.1 Å². The van der Waals surface area contributed by atoms with Crippen molar-refractivity contribution in [2.75, 3.05) is 5.32 Å². The van der Waals surface area contributed by atoms with Crippen molar-refractivity contribution in [3.63, 3.8) is 0 Å². The number of anilines is 1. The minimum Gasteiger partial charge on any atom is -0.463 e. The molecule has 6 heteroatoms. The average Bonchev–Trinajstić information content (AvgIpc) is 2.76. The van der Waals surface area contributed by atoms with Gasteiger partial charge in [0.25, 0.3) is 0 Å². The molecule has 1 fully saturated rings. The summed E-state index contributed by atoms with van der Waals surface area (Å²) < 4.78 is 5.22. The van der Waals surface area contributed by atoms with Crippen LogP contribution in [0.25, 0.3) is 11.5 Å². The number of hydrogen-bond acceptors (Lipinski definition) is 5. The number of nitrogens with one attached hydrogen (secondary N) is 1. The van der Waals surface area contributed by atoms with Crippen LogP contribution in [0.4, 0.5) is 5.13 Å². The highest BCUT2D eigenvalue weighted by atomic mass is 32.1. The van der Waals surface area contributed by atoms with Crippen molar-refractivity contribution in [1.82, 2.24) is 4.98 Å². The number of furan rings is 1. The van der Waals surface area contributed by atoms with Crippen molar-refractivity contribution in [2.24, 2.45) is 5.73 Å². The Hall–Kier alpha value is -1.66. The maximum atomic E-state index is 11.7. The van der Waals surface area contributed by atoms with E-state index in [0.717, 1.165) is 18.5 Å². The zero-order valence-corrected chi connectivity index (χ0v) is 9.79. The lowest BCUT2D eigenvalue weighted by Crippen LogP contribution is -2.37. The molecule has 0 aromatic carbocycles. The number of carbonyl (C=O) groups excluding carboxylic acids is 1. The highest BCUT2D eigenvalue weighted by molar-refractivity contribution is 7.14. The van der Waals surface area contributed by atoms with Crippen molar-refractivity contribution < 1.29 is 9.21 Å². The van der Waals surface area contributed by atoms with Crippen LogP contribution in [0.1, 0.15) is 12.8 Å². The quantitative estimate of drug-likeness (QED) is 0.869. The first-order valence-corrected chi connectivity index (χ1v) is 6.15. The van der Waals surface area contributed by atoms with Crippen LogP contribution in [-0.2, 0) is 4.79 Å². The van der Waals surface area contributed by atoms with Gasteiger partial charge < -0.3 is 15.5 Å². The molecule has 17 heavy (non-hydrogen) atoms. The highest BCUT2D eigenvalue weighted by Gasteiger charge is 2.46. The van der Waals surface area contributed by atoms with E-state index in [9.17, 15) is 4.79 Å². The summed E-state index contributed by atoms with van der Waals surface area (Å²) in [6.45, 7) is 0. The van der Waals surface area contributed by atoms with E-state index in [-0.39, 0.29) is 5.91 Å². The number of aromatic nitrogens is 1. The number of nitrogens with two attached hydrogens (primary N) is 1. The third-order valence-electron chi connectivity index (χ3n) is 2.74. The van der Waals surface area contributed by atoms with Crippen molar-refractivity contribution in [3.05, 3.63) is 23.8 Å². The van der Waals surface area contributed by atoms with E-state index >= 15 is 0 Å². The molecule has 0 bridgehead atoms. The van der Waals surface area contributed by atoms with Gasteiger partial charge in [-0.1, -0.05) is 0 Å². The number of amides is 1. The van der Waals surface area contributed by atoms with Gasteiger partial charge in [0, 0.05) is 5.38 Å². The van der Waals surface area contributed by atoms with Gasteiger partial charge in [-0.25, -0.2) is 4.98 Å². The van der Waals surface area contributed by atoms with E-state index in [1.54, 1.807) is 12.3 Å². The number of thiazole rings is 1. The normalized spacial score (nSPS) is 16.8. The lowest BCUT2D eigenvalue weighted by Gasteiger charge is -2.06. The Labute approximate surface area is 102 Å². The first kappa shape index (κ1) is 10.5. The van der Waals surface area contributed by atoms with Crippen molar-refractivity contribution in [2.45, 2.75) is 18.4 Å². The molecule has 2 aromatic heterocycles. The first-order chi connectivity index (χ1) is 8.17. The summed E-state index contributed by atoms with van der Waals surface area (Å²) in [5, 5.41) is 5.12. The van der Waals surface area contributed by atoms with E-state index in [1.807, 2.05) is 11.4 Å². The molecule has 5 nitrogen and oxygen atoms in total. The van der Waals surface area contributed by atoms with Crippen LogP contribution >= 0.6 is 11.3 Å². The number of nitrogens with zero attached hydrogens (tertiary/aromatic N) is 1. The number of carbonyl (C=O) groups is 1. The predicted octanol–water partition coefficient (Wildman–Crippen LogP) is 1.83. The van der Waals surface area contributed by atoms with E-state index in [1.165, 1.54) is 11.3 Å². The summed E-state index contributed by atoms with van der Waals surface area (Å²) in [5.74, 6) is 0.536. The molecule has 3 rings (SSSR count). The van der Waals surface area contributed by atoms with Crippen molar-refractivity contribution in [1.29, 1.82) is 0 Å². The molecule has 1 saturated carbocycles. The van der Waals surface area contributed by atoms with Crippen molar-refractivity contribution >= 4 is 22.4 Å². The maximum absolute atomic E-state index is 11.7. The predicted molar refractivity (Wildman–Crippen MR) is 64.6 cm³/mol. The topological polar surface area (TPSA) is 81.2 Å². The molecule has 0 aliphatic heterocycles. The van der Waals surface area contributed by atoms with Gasteiger partial charge in [-0.05, 0) is 25.0 Å². The van der Waals surface area contributed by atoms with Gasteiger partial charge in [0.15, 0.2) is 10.9 Å². The lowest BCUT2D eigenvalue weighted by molar-refractivity contribution is -0.118. The average molecular weight is 249 g/mol. The molecule has 1 aliphatic carbocycles. The second-order valence-electron chi connectivity index (χ2n) is 4.13. The minimum atomic E-state index is -0.670. The van der Waals surface area contributed by atoms with E-state index in [2.05, 4.69) is 10.3 Å². The third kappa shape index (κ3) is 1.96. The molecule has 0 saturated heterocycles. The first-order valence-electron chi connectivity index (χ1n) is 5.27. The Kier molecular flexibility index (Phi) is 2.27. The molecule has 0 unspecified atom stereocenters. The fourth-order valence-corrected chi connectivity index (χ4v) is 2.15. The zero-order valence-electron chi connectivity index (χ0n) is 8.97. The largest absolute Gasteiger partial charge is 0.463 e. The molecule has 2 aromatic rings. The summed E-state index contributed by atoms with van der Waals surface area (Å²) >= 11 is 1.36. The molecule has 0 radical (unpaired) electrons. The van der Waals surface area contributed by atoms with Crippen LogP contribution in [-0.4, -0.2) is 16.4 Å². The van der Waals surface area contributed by atoms with Crippen LogP contribution in [0.3, 0.4) is 0 Å². The van der Waals surface area contributed by atoms with Gasteiger partial charge in [-0.15, -0.1) is 11.3 Å². The van der Waals surface area contributed by atoms with Gasteiger partial charge in [-0.2, -0.15) is 0 Å². The second-order valence-corrected chi connectivity index (χ2v) is 4.98. The molecule has 1 aliphatic rings. The molecular formula is C11H11N3O2S. The van der Waals surface area contributed by atoms with Gasteiger partial charge in [0.2, 0.25) is 5.91 Å². The molecule has 2 heterocycles. The van der Waals surface area contributed by atoms with Crippen LogP contribution in [0.15, 0.2) is 28.2 Å². The standard InChI is InChI=1S/C11H11N3O2S/c12-11(3-4-11)9(15)14-10-13-7(6-17-10)8-2-1-5-16-8/h1-2,5-6H,3-4,12H2,(H,13,14,15). The minimum absolute atomic E-state index is 0.155. The van der Waals surface area contributed by atoms with Gasteiger partial charge in [0.05, 0.1) is 11.8 Å². The smallest absolute Gasteiger partial charge is 0.246 e. The van der Waals surface area contributed by atoms with Gasteiger partial charge in [0.1, 0.15) is 5.69 Å². The molecule has 3 N–H and O–H groups in total. The van der Waals surface area contributed by atoms with Gasteiger partial charge in [-0.3, -0.25) is 4.79 Å². The number of rotatable bonds is 3. The van der Waals surface area contributed by atoms with Crippen LogP contribution in [0.5, 0.6) is 0 Å². The fourth-order valence-electron chi connectivity index (χ4n) is 1.45.